The van der Waals surface area contributed by atoms with Crippen molar-refractivity contribution in [2.45, 2.75) is 45.8 Å². The summed E-state index contributed by atoms with van der Waals surface area (Å²) in [5.41, 5.74) is 9.75. The van der Waals surface area contributed by atoms with Gasteiger partial charge in [0, 0.05) is 83.7 Å². The largest absolute Gasteiger partial charge is 0.489 e. The van der Waals surface area contributed by atoms with E-state index in [1.807, 2.05) is 12.1 Å². The van der Waals surface area contributed by atoms with Gasteiger partial charge in [0.15, 0.2) is 11.6 Å². The van der Waals surface area contributed by atoms with Crippen LogP contribution in [-0.2, 0) is 46.8 Å². The van der Waals surface area contributed by atoms with E-state index in [2.05, 4.69) is 5.32 Å². The van der Waals surface area contributed by atoms with Crippen molar-refractivity contribution >= 4 is 64.7 Å². The summed E-state index contributed by atoms with van der Waals surface area (Å²) >= 11 is 1.27. The number of hydroxylamine groups is 2. The lowest BCUT2D eigenvalue weighted by Gasteiger charge is -2.21. The Hall–Kier alpha value is -7.92. The van der Waals surface area contributed by atoms with Gasteiger partial charge < -0.3 is 25.4 Å². The lowest BCUT2D eigenvalue weighted by Crippen LogP contribution is -2.39. The van der Waals surface area contributed by atoms with Gasteiger partial charge in [-0.15, -0.1) is 5.06 Å². The van der Waals surface area contributed by atoms with Gasteiger partial charge in [-0.3, -0.25) is 43.3 Å². The highest BCUT2D eigenvalue weighted by molar-refractivity contribution is 7.99. The summed E-state index contributed by atoms with van der Waals surface area (Å²) in [6.07, 6.45) is -0.386. The zero-order valence-electron chi connectivity index (χ0n) is 38.2. The van der Waals surface area contributed by atoms with Crippen LogP contribution in [0.4, 0.5) is 0 Å². The van der Waals surface area contributed by atoms with E-state index in [0.29, 0.717) is 44.6 Å². The van der Waals surface area contributed by atoms with Gasteiger partial charge in [0.25, 0.3) is 17.7 Å². The molecule has 5 aromatic carbocycles. The van der Waals surface area contributed by atoms with Crippen molar-refractivity contribution in [2.24, 2.45) is 23.5 Å². The van der Waals surface area contributed by atoms with Crippen LogP contribution in [0, 0.1) is 17.8 Å². The van der Waals surface area contributed by atoms with Crippen LogP contribution >= 0.6 is 11.8 Å². The Balaban J connectivity index is 0.946. The minimum atomic E-state index is -1.04. The number of hydrogen-bond donors (Lipinski definition) is 2. The van der Waals surface area contributed by atoms with Crippen LogP contribution < -0.4 is 20.5 Å². The van der Waals surface area contributed by atoms with Gasteiger partial charge in [0.2, 0.25) is 17.7 Å². The van der Waals surface area contributed by atoms with Crippen LogP contribution in [0.3, 0.4) is 0 Å². The van der Waals surface area contributed by atoms with Gasteiger partial charge in [0.05, 0.1) is 11.8 Å². The molecular formula is C53H50N4O12S. The fraction of sp³-hybridized carbons (Fsp3) is 0.264. The Kier molecular flexibility index (Phi) is 16.7. The van der Waals surface area contributed by atoms with Crippen molar-refractivity contribution in [3.8, 4) is 11.5 Å². The quantitative estimate of drug-likeness (QED) is 0.0444. The molecule has 0 aliphatic carbocycles. The first-order valence-corrected chi connectivity index (χ1v) is 23.8. The number of hydrogen-bond acceptors (Lipinski definition) is 13. The second-order valence-electron chi connectivity index (χ2n) is 16.7. The number of nitrogens with zero attached hydrogens (tertiary/aromatic N) is 2. The molecule has 3 N–H and O–H groups in total. The molecule has 16 nitrogen and oxygen atoms in total. The fourth-order valence-electron chi connectivity index (χ4n) is 7.96. The number of ether oxygens (including phenoxy) is 2. The van der Waals surface area contributed by atoms with E-state index >= 15 is 0 Å². The summed E-state index contributed by atoms with van der Waals surface area (Å²) in [6.45, 7) is 1.78. The summed E-state index contributed by atoms with van der Waals surface area (Å²) in [5.74, 6) is -6.50. The Bertz CT molecular complexity index is 2640. The number of likely N-dealkylation sites (tertiary alicyclic amines) is 1. The van der Waals surface area contributed by atoms with Gasteiger partial charge in [0.1, 0.15) is 24.7 Å². The first-order chi connectivity index (χ1) is 33.8. The highest BCUT2D eigenvalue weighted by Gasteiger charge is 2.50. The number of primary amides is 1. The third-order valence-corrected chi connectivity index (χ3v) is 12.9. The molecule has 2 heterocycles. The number of nitrogens with one attached hydrogen (secondary N) is 1. The second-order valence-corrected chi connectivity index (χ2v) is 17.8. The van der Waals surface area contributed by atoms with Crippen LogP contribution in [0.25, 0.3) is 0 Å². The van der Waals surface area contributed by atoms with Crippen LogP contribution in [0.15, 0.2) is 127 Å². The van der Waals surface area contributed by atoms with Crippen molar-refractivity contribution in [2.75, 3.05) is 24.6 Å². The molecular weight excluding hydrogens is 917 g/mol. The van der Waals surface area contributed by atoms with E-state index in [1.165, 1.54) is 18.7 Å². The first-order valence-electron chi connectivity index (χ1n) is 22.6. The van der Waals surface area contributed by atoms with Crippen molar-refractivity contribution < 1.29 is 57.5 Å². The summed E-state index contributed by atoms with van der Waals surface area (Å²) in [4.78, 5) is 121. The molecule has 2 aliphatic rings. The van der Waals surface area contributed by atoms with Crippen molar-refractivity contribution in [1.82, 2.24) is 15.3 Å². The molecule has 0 radical (unpaired) electrons. The zero-order valence-corrected chi connectivity index (χ0v) is 39.0. The molecule has 70 heavy (non-hydrogen) atoms. The highest BCUT2D eigenvalue weighted by Crippen LogP contribution is 2.34. The SMILES string of the molecule is CC1C(=O)N(CCCC(=O)ON2C(=O)CCC2=O)C(=O)C1C(CSCCNC(=O)c1cc(OCc2ccc(C(=O)c3ccccc3)cc2)cc(OCc2ccc(C(=O)c3ccccc3)cc2)c1)C(N)=O. The van der Waals surface area contributed by atoms with E-state index in [9.17, 15) is 43.2 Å². The molecule has 3 unspecified atom stereocenters. The smallest absolute Gasteiger partial charge is 0.333 e. The maximum absolute atomic E-state index is 13.6. The third-order valence-electron chi connectivity index (χ3n) is 11.8. The number of carbonyl (C=O) groups excluding carboxylic acids is 9. The van der Waals surface area contributed by atoms with Crippen LogP contribution in [-0.4, -0.2) is 87.5 Å². The summed E-state index contributed by atoms with van der Waals surface area (Å²) < 4.78 is 12.3. The second kappa shape index (κ2) is 23.4. The number of imide groups is 2. The predicted octanol–water partition coefficient (Wildman–Crippen LogP) is 5.88. The van der Waals surface area contributed by atoms with Gasteiger partial charge in [-0.05, 0) is 29.7 Å². The van der Waals surface area contributed by atoms with Gasteiger partial charge in [-0.1, -0.05) is 116 Å². The number of benzene rings is 5. The topological polar surface area (TPSA) is 226 Å². The molecule has 0 bridgehead atoms. The van der Waals surface area contributed by atoms with Crippen LogP contribution in [0.2, 0.25) is 0 Å². The predicted molar refractivity (Wildman–Crippen MR) is 256 cm³/mol. The molecule has 360 valence electrons. The molecule has 17 heteroatoms. The van der Waals surface area contributed by atoms with Crippen molar-refractivity contribution in [1.29, 1.82) is 0 Å². The Morgan fingerprint density at radius 1 is 0.671 bits per heavy atom. The molecule has 6 amide bonds. The lowest BCUT2D eigenvalue weighted by molar-refractivity contribution is -0.197. The fourth-order valence-corrected chi connectivity index (χ4v) is 9.00. The number of ketones is 2. The zero-order chi connectivity index (χ0) is 49.7. The molecule has 2 fully saturated rings. The molecule has 2 aliphatic heterocycles. The average Bonchev–Trinajstić information content (AvgIpc) is 3.80. The monoisotopic (exact) mass is 966 g/mol. The first kappa shape index (κ1) is 50.0. The molecule has 0 aromatic heterocycles. The third kappa shape index (κ3) is 12.6. The summed E-state index contributed by atoms with van der Waals surface area (Å²) in [5, 5.41) is 3.29. The molecule has 7 rings (SSSR count). The minimum Gasteiger partial charge on any atom is -0.489 e. The van der Waals surface area contributed by atoms with Gasteiger partial charge in [-0.25, -0.2) is 4.79 Å². The molecule has 5 aromatic rings. The summed E-state index contributed by atoms with van der Waals surface area (Å²) in [6, 6.07) is 36.8. The maximum atomic E-state index is 13.6. The highest BCUT2D eigenvalue weighted by atomic mass is 32.2. The van der Waals surface area contributed by atoms with Gasteiger partial charge in [-0.2, -0.15) is 11.8 Å². The molecule has 2 saturated heterocycles. The number of thioether (sulfide) groups is 1. The van der Waals surface area contributed by atoms with E-state index < -0.39 is 59.2 Å². The van der Waals surface area contributed by atoms with Crippen molar-refractivity contribution in [3.63, 3.8) is 0 Å². The van der Waals surface area contributed by atoms with Crippen molar-refractivity contribution in [3.05, 3.63) is 166 Å². The van der Waals surface area contributed by atoms with Crippen LogP contribution in [0.5, 0.6) is 11.5 Å². The van der Waals surface area contributed by atoms with Crippen LogP contribution in [0.1, 0.15) is 85.9 Å². The van der Waals surface area contributed by atoms with E-state index in [1.54, 1.807) is 115 Å². The number of rotatable bonds is 23. The van der Waals surface area contributed by atoms with E-state index in [0.717, 1.165) is 16.0 Å². The Labute approximate surface area is 407 Å². The van der Waals surface area contributed by atoms with E-state index in [-0.39, 0.29) is 74.9 Å². The average molecular weight is 967 g/mol. The lowest BCUT2D eigenvalue weighted by atomic mass is 9.85. The Morgan fingerprint density at radius 2 is 1.17 bits per heavy atom. The van der Waals surface area contributed by atoms with Gasteiger partial charge >= 0.3 is 5.97 Å². The minimum absolute atomic E-state index is 0.00335. The Morgan fingerprint density at radius 3 is 1.67 bits per heavy atom. The standard InChI is InChI=1S/C53H50N4O12S/c1-33-47(53(66)56(52(33)65)25-8-13-46(60)69-57-44(58)22-23-45(57)59)43(50(54)63)32-70-26-24-55-51(64)40-27-41(67-30-34-14-18-38(19-15-34)48(61)36-9-4-2-5-10-36)29-42(28-40)68-31-35-16-20-39(21-17-35)49(62)37-11-6-3-7-12-37/h2-7,9-12,14-21,27-29,33,43,47H,8,13,22-26,30-32H2,1H3,(H2,54,63)(H,55,64). The number of carbonyl (C=O) groups is 9. The molecule has 3 atom stereocenters. The molecule has 0 saturated carbocycles. The maximum Gasteiger partial charge on any atom is 0.333 e. The van der Waals surface area contributed by atoms with E-state index in [4.69, 9.17) is 20.0 Å². The normalized spacial score (nSPS) is 16.0. The summed E-state index contributed by atoms with van der Waals surface area (Å²) in [7, 11) is 0. The number of amides is 6. The molecule has 0 spiro atoms. The number of nitrogens with two attached hydrogens (primary N) is 1.